The van der Waals surface area contributed by atoms with Crippen molar-refractivity contribution in [3.05, 3.63) is 65.7 Å². The predicted octanol–water partition coefficient (Wildman–Crippen LogP) is 3.04. The van der Waals surface area contributed by atoms with Crippen LogP contribution in [-0.2, 0) is 4.79 Å². The summed E-state index contributed by atoms with van der Waals surface area (Å²) >= 11 is 0. The van der Waals surface area contributed by atoms with Gasteiger partial charge in [-0.1, -0.05) is 48.0 Å². The normalized spacial score (nSPS) is 13.3. The second-order valence-corrected chi connectivity index (χ2v) is 5.85. The van der Waals surface area contributed by atoms with Crippen molar-refractivity contribution < 1.29 is 9.90 Å². The van der Waals surface area contributed by atoms with Crippen molar-refractivity contribution in [2.45, 2.75) is 32.4 Å². The minimum absolute atomic E-state index is 0.0150. The van der Waals surface area contributed by atoms with E-state index in [1.165, 1.54) is 5.56 Å². The quantitative estimate of drug-likeness (QED) is 0.736. The zero-order chi connectivity index (χ0) is 16.7. The van der Waals surface area contributed by atoms with Crippen molar-refractivity contribution in [3.63, 3.8) is 0 Å². The third-order valence-electron chi connectivity index (χ3n) is 3.67. The molecule has 0 radical (unpaired) electrons. The third-order valence-corrected chi connectivity index (χ3v) is 3.67. The molecule has 2 aromatic carbocycles. The molecule has 0 spiro atoms. The van der Waals surface area contributed by atoms with E-state index in [2.05, 4.69) is 10.6 Å². The molecule has 2 atom stereocenters. The highest BCUT2D eigenvalue weighted by Crippen LogP contribution is 2.13. The second kappa shape index (κ2) is 8.46. The van der Waals surface area contributed by atoms with E-state index in [-0.39, 0.29) is 11.9 Å². The van der Waals surface area contributed by atoms with E-state index in [9.17, 15) is 9.90 Å². The van der Waals surface area contributed by atoms with Gasteiger partial charge in [0.25, 0.3) is 0 Å². The summed E-state index contributed by atoms with van der Waals surface area (Å²) in [5.41, 5.74) is 2.84. The molecule has 4 nitrogen and oxygen atoms in total. The highest BCUT2D eigenvalue weighted by atomic mass is 16.3. The van der Waals surface area contributed by atoms with Gasteiger partial charge in [-0.15, -0.1) is 0 Å². The molecule has 1 amide bonds. The summed E-state index contributed by atoms with van der Waals surface area (Å²) in [7, 11) is 0. The molecule has 122 valence electrons. The number of aliphatic hydroxyl groups is 1. The maximum Gasteiger partial charge on any atom is 0.225 e. The molecule has 0 aliphatic rings. The number of para-hydroxylation sites is 1. The minimum Gasteiger partial charge on any atom is -0.387 e. The number of amides is 1. The first-order valence-corrected chi connectivity index (χ1v) is 7.87. The van der Waals surface area contributed by atoms with Crippen LogP contribution >= 0.6 is 0 Å². The Balaban J connectivity index is 1.75. The number of aliphatic hydroxyl groups excluding tert-OH is 1. The number of carbonyl (C=O) groups is 1. The molecule has 0 aliphatic carbocycles. The van der Waals surface area contributed by atoms with Crippen LogP contribution in [0.25, 0.3) is 0 Å². The number of benzene rings is 2. The molecule has 0 saturated carbocycles. The lowest BCUT2D eigenvalue weighted by Crippen LogP contribution is -2.33. The Bertz CT molecular complexity index is 611. The van der Waals surface area contributed by atoms with Crippen molar-refractivity contribution in [2.75, 3.05) is 11.9 Å². The van der Waals surface area contributed by atoms with Gasteiger partial charge in [0.2, 0.25) is 5.91 Å². The number of hydrogen-bond acceptors (Lipinski definition) is 3. The summed E-state index contributed by atoms with van der Waals surface area (Å²) in [6, 6.07) is 17.2. The largest absolute Gasteiger partial charge is 0.387 e. The molecule has 23 heavy (non-hydrogen) atoms. The molecular weight excluding hydrogens is 288 g/mol. The van der Waals surface area contributed by atoms with E-state index >= 15 is 0 Å². The highest BCUT2D eigenvalue weighted by Gasteiger charge is 2.12. The molecule has 0 aromatic heterocycles. The van der Waals surface area contributed by atoms with E-state index in [4.69, 9.17) is 0 Å². The van der Waals surface area contributed by atoms with Crippen LogP contribution in [-0.4, -0.2) is 23.6 Å². The van der Waals surface area contributed by atoms with Crippen molar-refractivity contribution in [2.24, 2.45) is 0 Å². The molecule has 0 heterocycles. The molecule has 3 N–H and O–H groups in total. The first-order chi connectivity index (χ1) is 11.0. The minimum atomic E-state index is -0.574. The Kier molecular flexibility index (Phi) is 6.32. The predicted molar refractivity (Wildman–Crippen MR) is 93.3 cm³/mol. The lowest BCUT2D eigenvalue weighted by atomic mass is 10.1. The third kappa shape index (κ3) is 5.85. The SMILES string of the molecule is Cc1ccc([C@H](O)CN[C@H](C)CC(=O)Nc2ccccc2)cc1. The fourth-order valence-corrected chi connectivity index (χ4v) is 2.30. The zero-order valence-electron chi connectivity index (χ0n) is 13.6. The summed E-state index contributed by atoms with van der Waals surface area (Å²) in [4.78, 5) is 12.0. The number of aryl methyl sites for hydroxylation is 1. The van der Waals surface area contributed by atoms with Crippen LogP contribution in [0.2, 0.25) is 0 Å². The van der Waals surface area contributed by atoms with Gasteiger partial charge in [-0.2, -0.15) is 0 Å². The fraction of sp³-hybridized carbons (Fsp3) is 0.316. The van der Waals surface area contributed by atoms with Gasteiger partial charge in [-0.05, 0) is 31.5 Å². The first kappa shape index (κ1) is 17.2. The van der Waals surface area contributed by atoms with Gasteiger partial charge in [0.05, 0.1) is 6.10 Å². The summed E-state index contributed by atoms with van der Waals surface area (Å²) in [6.45, 7) is 4.37. The Morgan fingerprint density at radius 3 is 2.39 bits per heavy atom. The number of carbonyl (C=O) groups excluding carboxylic acids is 1. The molecule has 2 aromatic rings. The van der Waals surface area contributed by atoms with Crippen LogP contribution in [0.3, 0.4) is 0 Å². The van der Waals surface area contributed by atoms with Crippen LogP contribution in [0.4, 0.5) is 5.69 Å². The highest BCUT2D eigenvalue weighted by molar-refractivity contribution is 5.90. The average molecular weight is 312 g/mol. The standard InChI is InChI=1S/C19H24N2O2/c1-14-8-10-16(11-9-14)18(22)13-20-15(2)12-19(23)21-17-6-4-3-5-7-17/h3-11,15,18,20,22H,12-13H2,1-2H3,(H,21,23)/t15-,18-/m1/s1. The smallest absolute Gasteiger partial charge is 0.225 e. The van der Waals surface area contributed by atoms with Crippen LogP contribution in [0.5, 0.6) is 0 Å². The Hall–Kier alpha value is -2.17. The summed E-state index contributed by atoms with van der Waals surface area (Å²) in [5, 5.41) is 16.2. The molecule has 0 saturated heterocycles. The summed E-state index contributed by atoms with van der Waals surface area (Å²) in [6.07, 6.45) is -0.217. The fourth-order valence-electron chi connectivity index (χ4n) is 2.30. The first-order valence-electron chi connectivity index (χ1n) is 7.87. The van der Waals surface area contributed by atoms with E-state index in [1.807, 2.05) is 68.4 Å². The lowest BCUT2D eigenvalue weighted by molar-refractivity contribution is -0.116. The van der Waals surface area contributed by atoms with Crippen molar-refractivity contribution in [1.29, 1.82) is 0 Å². The Morgan fingerprint density at radius 1 is 1.09 bits per heavy atom. The molecular formula is C19H24N2O2. The van der Waals surface area contributed by atoms with Crippen molar-refractivity contribution >= 4 is 11.6 Å². The summed E-state index contributed by atoms with van der Waals surface area (Å²) in [5.74, 6) is -0.0407. The van der Waals surface area contributed by atoms with Gasteiger partial charge in [0, 0.05) is 24.7 Å². The Labute approximate surface area is 137 Å². The lowest BCUT2D eigenvalue weighted by Gasteiger charge is -2.17. The average Bonchev–Trinajstić information content (AvgIpc) is 2.54. The van der Waals surface area contributed by atoms with Crippen LogP contribution in [0.1, 0.15) is 30.6 Å². The van der Waals surface area contributed by atoms with Gasteiger partial charge >= 0.3 is 0 Å². The Morgan fingerprint density at radius 2 is 1.74 bits per heavy atom. The van der Waals surface area contributed by atoms with Crippen molar-refractivity contribution in [3.8, 4) is 0 Å². The van der Waals surface area contributed by atoms with Gasteiger partial charge in [-0.3, -0.25) is 4.79 Å². The van der Waals surface area contributed by atoms with Crippen molar-refractivity contribution in [1.82, 2.24) is 5.32 Å². The van der Waals surface area contributed by atoms with E-state index in [0.29, 0.717) is 13.0 Å². The molecule has 0 aliphatic heterocycles. The van der Waals surface area contributed by atoms with Gasteiger partial charge in [0.1, 0.15) is 0 Å². The van der Waals surface area contributed by atoms with E-state index < -0.39 is 6.10 Å². The molecule has 2 rings (SSSR count). The van der Waals surface area contributed by atoms with E-state index in [0.717, 1.165) is 11.3 Å². The zero-order valence-corrected chi connectivity index (χ0v) is 13.6. The summed E-state index contributed by atoms with van der Waals surface area (Å²) < 4.78 is 0. The van der Waals surface area contributed by atoms with Crippen LogP contribution < -0.4 is 10.6 Å². The number of rotatable bonds is 7. The maximum atomic E-state index is 12.0. The number of anilines is 1. The van der Waals surface area contributed by atoms with Gasteiger partial charge < -0.3 is 15.7 Å². The monoisotopic (exact) mass is 312 g/mol. The van der Waals surface area contributed by atoms with Crippen LogP contribution in [0.15, 0.2) is 54.6 Å². The molecule has 0 unspecified atom stereocenters. The van der Waals surface area contributed by atoms with Crippen LogP contribution in [0, 0.1) is 6.92 Å². The topological polar surface area (TPSA) is 61.4 Å². The maximum absolute atomic E-state index is 12.0. The molecule has 0 bridgehead atoms. The van der Waals surface area contributed by atoms with Gasteiger partial charge in [0.15, 0.2) is 0 Å². The van der Waals surface area contributed by atoms with Gasteiger partial charge in [-0.25, -0.2) is 0 Å². The second-order valence-electron chi connectivity index (χ2n) is 5.85. The number of hydrogen-bond donors (Lipinski definition) is 3. The molecule has 4 heteroatoms. The molecule has 0 fully saturated rings. The van der Waals surface area contributed by atoms with E-state index in [1.54, 1.807) is 0 Å². The number of nitrogens with one attached hydrogen (secondary N) is 2.